The van der Waals surface area contributed by atoms with Gasteiger partial charge in [0.1, 0.15) is 11.5 Å². The third-order valence-corrected chi connectivity index (χ3v) is 3.79. The van der Waals surface area contributed by atoms with E-state index >= 15 is 0 Å². The van der Waals surface area contributed by atoms with Crippen molar-refractivity contribution in [1.82, 2.24) is 10.2 Å². The van der Waals surface area contributed by atoms with Gasteiger partial charge >= 0.3 is 0 Å². The van der Waals surface area contributed by atoms with E-state index in [0.29, 0.717) is 6.04 Å². The second kappa shape index (κ2) is 6.78. The van der Waals surface area contributed by atoms with Crippen molar-refractivity contribution in [2.75, 3.05) is 34.4 Å². The summed E-state index contributed by atoms with van der Waals surface area (Å²) in [6, 6.07) is 6.54. The van der Waals surface area contributed by atoms with Crippen molar-refractivity contribution in [3.63, 3.8) is 0 Å². The van der Waals surface area contributed by atoms with Crippen LogP contribution in [-0.4, -0.2) is 45.3 Å². The van der Waals surface area contributed by atoms with Gasteiger partial charge in [-0.25, -0.2) is 0 Å². The molecule has 0 amide bonds. The number of benzene rings is 1. The fourth-order valence-corrected chi connectivity index (χ4v) is 2.49. The molecule has 1 aromatic carbocycles. The second-order valence-electron chi connectivity index (χ2n) is 5.14. The minimum absolute atomic E-state index is 0.604. The van der Waals surface area contributed by atoms with Gasteiger partial charge in [0.2, 0.25) is 0 Å². The molecule has 1 aliphatic rings. The Morgan fingerprint density at radius 3 is 2.58 bits per heavy atom. The molecule has 106 valence electrons. The van der Waals surface area contributed by atoms with Gasteiger partial charge in [-0.15, -0.1) is 0 Å². The monoisotopic (exact) mass is 264 g/mol. The summed E-state index contributed by atoms with van der Waals surface area (Å²) in [5.74, 6) is 1.79. The first-order valence-corrected chi connectivity index (χ1v) is 6.85. The molecule has 2 rings (SSSR count). The molecule has 4 nitrogen and oxygen atoms in total. The molecule has 0 spiro atoms. The van der Waals surface area contributed by atoms with Crippen molar-refractivity contribution in [2.45, 2.75) is 25.4 Å². The van der Waals surface area contributed by atoms with Crippen LogP contribution in [0.3, 0.4) is 0 Å². The maximum absolute atomic E-state index is 5.40. The number of rotatable bonds is 5. The Kier molecular flexibility index (Phi) is 5.05. The number of piperidine rings is 1. The molecule has 0 bridgehead atoms. The Hall–Kier alpha value is -1.26. The highest BCUT2D eigenvalue weighted by Crippen LogP contribution is 2.24. The van der Waals surface area contributed by atoms with E-state index in [1.54, 1.807) is 14.2 Å². The molecule has 19 heavy (non-hydrogen) atoms. The van der Waals surface area contributed by atoms with Crippen LogP contribution in [0.1, 0.15) is 18.4 Å². The van der Waals surface area contributed by atoms with Gasteiger partial charge in [-0.1, -0.05) is 0 Å². The van der Waals surface area contributed by atoms with E-state index < -0.39 is 0 Å². The van der Waals surface area contributed by atoms with Crippen molar-refractivity contribution < 1.29 is 9.47 Å². The lowest BCUT2D eigenvalue weighted by Gasteiger charge is -2.29. The van der Waals surface area contributed by atoms with Gasteiger partial charge in [0.05, 0.1) is 14.2 Å². The maximum atomic E-state index is 5.40. The van der Waals surface area contributed by atoms with Crippen LogP contribution in [0.25, 0.3) is 0 Å². The summed E-state index contributed by atoms with van der Waals surface area (Å²) in [7, 11) is 5.58. The maximum Gasteiger partial charge on any atom is 0.123 e. The first kappa shape index (κ1) is 14.2. The molecule has 0 radical (unpaired) electrons. The number of nitrogens with one attached hydrogen (secondary N) is 1. The van der Waals surface area contributed by atoms with E-state index in [4.69, 9.17) is 9.47 Å². The summed E-state index contributed by atoms with van der Waals surface area (Å²) in [5.41, 5.74) is 1.15. The summed E-state index contributed by atoms with van der Waals surface area (Å²) >= 11 is 0. The lowest BCUT2D eigenvalue weighted by molar-refractivity contribution is 0.233. The largest absolute Gasteiger partial charge is 0.497 e. The summed E-state index contributed by atoms with van der Waals surface area (Å²) in [4.78, 5) is 2.38. The number of hydrogen-bond acceptors (Lipinski definition) is 4. The molecule has 0 unspecified atom stereocenters. The normalized spacial score (nSPS) is 17.4. The molecular weight excluding hydrogens is 240 g/mol. The highest BCUT2D eigenvalue weighted by Gasteiger charge is 2.16. The van der Waals surface area contributed by atoms with Gasteiger partial charge in [0.15, 0.2) is 0 Å². The van der Waals surface area contributed by atoms with Gasteiger partial charge < -0.3 is 19.7 Å². The Morgan fingerprint density at radius 1 is 1.21 bits per heavy atom. The zero-order valence-corrected chi connectivity index (χ0v) is 12.1. The van der Waals surface area contributed by atoms with E-state index in [-0.39, 0.29) is 0 Å². The SMILES string of the molecule is COc1ccc(OC)c(CNC2CCN(C)CC2)c1. The minimum Gasteiger partial charge on any atom is -0.497 e. The number of nitrogens with zero attached hydrogens (tertiary/aromatic N) is 1. The van der Waals surface area contributed by atoms with Crippen LogP contribution in [0.5, 0.6) is 11.5 Å². The fourth-order valence-electron chi connectivity index (χ4n) is 2.49. The Bertz CT molecular complexity index is 401. The van der Waals surface area contributed by atoms with Crippen LogP contribution in [0.4, 0.5) is 0 Å². The number of likely N-dealkylation sites (tertiary alicyclic amines) is 1. The van der Waals surface area contributed by atoms with Crippen molar-refractivity contribution >= 4 is 0 Å². The molecular formula is C15H24N2O2. The quantitative estimate of drug-likeness (QED) is 0.880. The molecule has 0 aliphatic carbocycles. The lowest BCUT2D eigenvalue weighted by atomic mass is 10.0. The third-order valence-electron chi connectivity index (χ3n) is 3.79. The summed E-state index contributed by atoms with van der Waals surface area (Å²) in [5, 5.41) is 3.62. The summed E-state index contributed by atoms with van der Waals surface area (Å²) in [6.45, 7) is 3.18. The first-order valence-electron chi connectivity index (χ1n) is 6.85. The Balaban J connectivity index is 1.94. The zero-order chi connectivity index (χ0) is 13.7. The number of hydrogen-bond donors (Lipinski definition) is 1. The topological polar surface area (TPSA) is 33.7 Å². The average Bonchev–Trinajstić information content (AvgIpc) is 2.46. The van der Waals surface area contributed by atoms with Crippen LogP contribution in [-0.2, 0) is 6.54 Å². The van der Waals surface area contributed by atoms with E-state index in [0.717, 1.165) is 23.6 Å². The van der Waals surface area contributed by atoms with E-state index in [1.807, 2.05) is 18.2 Å². The molecule has 1 saturated heterocycles. The Labute approximate surface area is 115 Å². The molecule has 1 aromatic rings. The molecule has 1 N–H and O–H groups in total. The predicted molar refractivity (Wildman–Crippen MR) is 76.9 cm³/mol. The highest BCUT2D eigenvalue weighted by atomic mass is 16.5. The van der Waals surface area contributed by atoms with E-state index in [2.05, 4.69) is 17.3 Å². The second-order valence-corrected chi connectivity index (χ2v) is 5.14. The number of methoxy groups -OCH3 is 2. The fraction of sp³-hybridized carbons (Fsp3) is 0.600. The van der Waals surface area contributed by atoms with E-state index in [1.165, 1.54) is 25.9 Å². The van der Waals surface area contributed by atoms with Gasteiger partial charge in [-0.3, -0.25) is 0 Å². The number of ether oxygens (including phenoxy) is 2. The molecule has 0 aromatic heterocycles. The standard InChI is InChI=1S/C15H24N2O2/c1-17-8-6-13(7-9-17)16-11-12-10-14(18-2)4-5-15(12)19-3/h4-5,10,13,16H,6-9,11H2,1-3H3. The minimum atomic E-state index is 0.604. The zero-order valence-electron chi connectivity index (χ0n) is 12.1. The first-order chi connectivity index (χ1) is 9.22. The molecule has 4 heteroatoms. The molecule has 0 saturated carbocycles. The van der Waals surface area contributed by atoms with Crippen molar-refractivity contribution in [3.8, 4) is 11.5 Å². The van der Waals surface area contributed by atoms with Crippen molar-refractivity contribution in [2.24, 2.45) is 0 Å². The highest BCUT2D eigenvalue weighted by molar-refractivity contribution is 5.40. The average molecular weight is 264 g/mol. The molecule has 1 fully saturated rings. The summed E-state index contributed by atoms with van der Waals surface area (Å²) in [6.07, 6.45) is 2.42. The Morgan fingerprint density at radius 2 is 1.95 bits per heavy atom. The summed E-state index contributed by atoms with van der Waals surface area (Å²) < 4.78 is 10.7. The van der Waals surface area contributed by atoms with Crippen LogP contribution < -0.4 is 14.8 Å². The van der Waals surface area contributed by atoms with Crippen LogP contribution in [0, 0.1) is 0 Å². The van der Waals surface area contributed by atoms with Crippen LogP contribution >= 0.6 is 0 Å². The van der Waals surface area contributed by atoms with Gasteiger partial charge in [0, 0.05) is 18.2 Å². The van der Waals surface area contributed by atoms with Crippen LogP contribution in [0.15, 0.2) is 18.2 Å². The van der Waals surface area contributed by atoms with Crippen molar-refractivity contribution in [1.29, 1.82) is 0 Å². The van der Waals surface area contributed by atoms with Gasteiger partial charge in [-0.05, 0) is 51.2 Å². The molecule has 1 aliphatic heterocycles. The molecule has 0 atom stereocenters. The van der Waals surface area contributed by atoms with E-state index in [9.17, 15) is 0 Å². The smallest absolute Gasteiger partial charge is 0.123 e. The lowest BCUT2D eigenvalue weighted by Crippen LogP contribution is -2.40. The third kappa shape index (κ3) is 3.85. The van der Waals surface area contributed by atoms with Gasteiger partial charge in [-0.2, -0.15) is 0 Å². The predicted octanol–water partition coefficient (Wildman–Crippen LogP) is 1.89. The van der Waals surface area contributed by atoms with Gasteiger partial charge in [0.25, 0.3) is 0 Å². The van der Waals surface area contributed by atoms with Crippen molar-refractivity contribution in [3.05, 3.63) is 23.8 Å². The van der Waals surface area contributed by atoms with Crippen LogP contribution in [0.2, 0.25) is 0 Å². The molecule has 1 heterocycles.